The van der Waals surface area contributed by atoms with Crippen LogP contribution in [0, 0.1) is 0 Å². The van der Waals surface area contributed by atoms with E-state index in [0.29, 0.717) is 6.29 Å². The van der Waals surface area contributed by atoms with E-state index in [1.807, 2.05) is 0 Å². The molecule has 106 valence electrons. The Morgan fingerprint density at radius 3 is 2.80 bits per heavy atom. The van der Waals surface area contributed by atoms with E-state index in [1.165, 1.54) is 0 Å². The molecule has 0 bridgehead atoms. The largest absolute Gasteiger partial charge is 0.496 e. The summed E-state index contributed by atoms with van der Waals surface area (Å²) >= 11 is 0. The summed E-state index contributed by atoms with van der Waals surface area (Å²) in [5, 5.41) is -0.201. The molecule has 5 heteroatoms. The van der Waals surface area contributed by atoms with Crippen molar-refractivity contribution in [3.63, 3.8) is 0 Å². The summed E-state index contributed by atoms with van der Waals surface area (Å²) in [5.74, 6) is -0.564. The number of methoxy groups -OCH3 is 1. The second-order valence-corrected chi connectivity index (χ2v) is 5.08. The average Bonchev–Trinajstić information content (AvgIpc) is 2.86. The Morgan fingerprint density at radius 1 is 1.45 bits per heavy atom. The molecule has 0 N–H and O–H groups in total. The number of aromatic nitrogens is 1. The Bertz CT molecular complexity index is 895. The van der Waals surface area contributed by atoms with Gasteiger partial charge >= 0.3 is 6.09 Å². The van der Waals surface area contributed by atoms with Crippen molar-refractivity contribution in [1.82, 2.24) is 4.57 Å². The molecule has 0 fully saturated rings. The highest BCUT2D eigenvalue weighted by atomic mass is 16.6. The van der Waals surface area contributed by atoms with Gasteiger partial charge in [-0.1, -0.05) is 6.04 Å². The molecular weight excluding hydrogens is 258 g/mol. The minimum atomic E-state index is -2.95. The molecule has 2 aromatic rings. The van der Waals surface area contributed by atoms with Gasteiger partial charge in [0.1, 0.15) is 11.4 Å². The maximum Gasteiger partial charge on any atom is 0.419 e. The van der Waals surface area contributed by atoms with Gasteiger partial charge in [0.05, 0.1) is 26.2 Å². The van der Waals surface area contributed by atoms with Crippen molar-refractivity contribution in [3.8, 4) is 5.75 Å². The number of ether oxygens (including phenoxy) is 2. The molecule has 1 heterocycles. The maximum absolute atomic E-state index is 12.4. The maximum atomic E-state index is 12.4. The van der Waals surface area contributed by atoms with Gasteiger partial charge < -0.3 is 9.47 Å². The third-order valence-corrected chi connectivity index (χ3v) is 2.44. The summed E-state index contributed by atoms with van der Waals surface area (Å²) in [4.78, 5) is 23.9. The van der Waals surface area contributed by atoms with Crippen molar-refractivity contribution < 1.29 is 27.3 Å². The molecule has 0 aliphatic carbocycles. The summed E-state index contributed by atoms with van der Waals surface area (Å²) < 4.78 is 56.4. The van der Waals surface area contributed by atoms with Crippen molar-refractivity contribution >= 4 is 23.3 Å². The highest BCUT2D eigenvalue weighted by Gasteiger charge is 2.21. The van der Waals surface area contributed by atoms with Gasteiger partial charge in [0.15, 0.2) is 6.29 Å². The minimum Gasteiger partial charge on any atom is -0.496 e. The monoisotopic (exact) mass is 281 g/mol. The first-order chi connectivity index (χ1) is 11.8. The van der Waals surface area contributed by atoms with E-state index in [0.717, 1.165) is 10.8 Å². The Hall–Kier alpha value is -2.30. The van der Waals surface area contributed by atoms with Crippen molar-refractivity contribution in [1.29, 1.82) is 0 Å². The third kappa shape index (κ3) is 2.52. The molecule has 5 nitrogen and oxygen atoms in total. The molecule has 0 radical (unpaired) electrons. The van der Waals surface area contributed by atoms with Gasteiger partial charge in [0.2, 0.25) is 0 Å². The van der Waals surface area contributed by atoms with Crippen LogP contribution in [-0.4, -0.2) is 29.6 Å². The van der Waals surface area contributed by atoms with E-state index >= 15 is 0 Å². The summed E-state index contributed by atoms with van der Waals surface area (Å²) in [7, 11) is -2.95. The summed E-state index contributed by atoms with van der Waals surface area (Å²) in [5.41, 5.74) is -1.26. The molecule has 0 unspecified atom stereocenters. The number of carbonyl (C=O) groups is 2. The molecule has 0 amide bonds. The molecule has 20 heavy (non-hydrogen) atoms. The van der Waals surface area contributed by atoms with Crippen molar-refractivity contribution in [2.75, 3.05) is 7.04 Å². The number of fused-ring (bicyclic) bond motifs is 1. The van der Waals surface area contributed by atoms with Gasteiger partial charge in [-0.05, 0) is 32.9 Å². The standard InChI is InChI=1S/C15H17NO4/c1-15(2,3)20-14(18)16-8-10(9-17)13-11(16)6-5-7-12(13)19-4/h5-9H,1-4H3/i4D3,5D,6D,7D. The number of aldehydes is 1. The average molecular weight is 281 g/mol. The zero-order valence-electron chi connectivity index (χ0n) is 17.2. The lowest BCUT2D eigenvalue weighted by molar-refractivity contribution is 0.0544. The zero-order valence-corrected chi connectivity index (χ0v) is 11.2. The molecule has 0 aliphatic rings. The van der Waals surface area contributed by atoms with E-state index in [2.05, 4.69) is 0 Å². The fraction of sp³-hybridized carbons (Fsp3) is 0.333. The smallest absolute Gasteiger partial charge is 0.419 e. The molecule has 0 saturated carbocycles. The Kier molecular flexibility index (Phi) is 2.02. The predicted octanol–water partition coefficient (Wildman–Crippen LogP) is 3.25. The normalized spacial score (nSPS) is 16.4. The van der Waals surface area contributed by atoms with Crippen LogP contribution in [0.25, 0.3) is 10.9 Å². The molecule has 0 atom stereocenters. The topological polar surface area (TPSA) is 57.5 Å². The van der Waals surface area contributed by atoms with E-state index in [4.69, 9.17) is 17.7 Å². The van der Waals surface area contributed by atoms with E-state index in [9.17, 15) is 9.59 Å². The third-order valence-electron chi connectivity index (χ3n) is 2.44. The SMILES string of the molecule is [2H]c1c([2H])c([2H])c2c(c(C=O)cn2C(=O)OC(C)(C)C)c1OC([2H])([2H])[2H]. The number of hydrogen-bond acceptors (Lipinski definition) is 4. The van der Waals surface area contributed by atoms with Crippen LogP contribution >= 0.6 is 0 Å². The van der Waals surface area contributed by atoms with Crippen LogP contribution in [0.3, 0.4) is 0 Å². The van der Waals surface area contributed by atoms with Gasteiger partial charge in [0, 0.05) is 11.8 Å². The first-order valence-electron chi connectivity index (χ1n) is 8.79. The number of hydrogen-bond donors (Lipinski definition) is 0. The van der Waals surface area contributed by atoms with Crippen LogP contribution in [0.2, 0.25) is 0 Å². The van der Waals surface area contributed by atoms with Crippen molar-refractivity contribution in [3.05, 3.63) is 29.9 Å². The summed E-state index contributed by atoms with van der Waals surface area (Å²) in [6.07, 6.45) is 0.494. The van der Waals surface area contributed by atoms with Gasteiger partial charge in [0.25, 0.3) is 0 Å². The van der Waals surface area contributed by atoms with Crippen LogP contribution in [0.15, 0.2) is 24.3 Å². The zero-order chi connectivity index (χ0) is 20.0. The first kappa shape index (κ1) is 8.09. The van der Waals surface area contributed by atoms with E-state index in [1.54, 1.807) is 20.8 Å². The number of nitrogens with zero attached hydrogens (tertiary/aromatic N) is 1. The van der Waals surface area contributed by atoms with E-state index < -0.39 is 42.6 Å². The number of carbonyl (C=O) groups excluding carboxylic acids is 2. The van der Waals surface area contributed by atoms with Crippen LogP contribution in [0.4, 0.5) is 4.79 Å². The number of benzene rings is 1. The molecule has 1 aromatic heterocycles. The van der Waals surface area contributed by atoms with Crippen molar-refractivity contribution in [2.24, 2.45) is 0 Å². The first-order valence-corrected chi connectivity index (χ1v) is 5.79. The van der Waals surface area contributed by atoms with Gasteiger partial charge in [-0.2, -0.15) is 0 Å². The lowest BCUT2D eigenvalue weighted by Gasteiger charge is -2.19. The van der Waals surface area contributed by atoms with E-state index in [-0.39, 0.29) is 16.5 Å². The van der Waals surface area contributed by atoms with Crippen LogP contribution in [0.5, 0.6) is 5.75 Å². The summed E-state index contributed by atoms with van der Waals surface area (Å²) in [6, 6.07) is -1.83. The second kappa shape index (κ2) is 5.00. The highest BCUT2D eigenvalue weighted by Crippen LogP contribution is 2.30. The van der Waals surface area contributed by atoms with Gasteiger partial charge in [-0.15, -0.1) is 0 Å². The predicted molar refractivity (Wildman–Crippen MR) is 75.5 cm³/mol. The minimum absolute atomic E-state index is 0.160. The summed E-state index contributed by atoms with van der Waals surface area (Å²) in [6.45, 7) is 4.87. The van der Waals surface area contributed by atoms with Crippen LogP contribution in [-0.2, 0) is 4.74 Å². The molecule has 0 spiro atoms. The quantitative estimate of drug-likeness (QED) is 0.793. The van der Waals surface area contributed by atoms with Crippen molar-refractivity contribution in [2.45, 2.75) is 26.4 Å². The molecule has 0 saturated heterocycles. The molecule has 2 rings (SSSR count). The van der Waals surface area contributed by atoms with Gasteiger partial charge in [-0.25, -0.2) is 4.79 Å². The lowest BCUT2D eigenvalue weighted by Crippen LogP contribution is -2.26. The molecule has 1 aromatic carbocycles. The number of rotatable bonds is 2. The highest BCUT2D eigenvalue weighted by molar-refractivity contribution is 6.04. The Morgan fingerprint density at radius 2 is 2.20 bits per heavy atom. The lowest BCUT2D eigenvalue weighted by atomic mass is 10.2. The fourth-order valence-electron chi connectivity index (χ4n) is 1.72. The molecule has 0 aliphatic heterocycles. The Labute approximate surface area is 125 Å². The second-order valence-electron chi connectivity index (χ2n) is 5.08. The molecular formula is C15H17NO4. The van der Waals surface area contributed by atoms with Gasteiger partial charge in [-0.3, -0.25) is 9.36 Å². The Balaban J connectivity index is 2.87. The fourth-order valence-corrected chi connectivity index (χ4v) is 1.72. The van der Waals surface area contributed by atoms with Crippen LogP contribution < -0.4 is 4.74 Å². The van der Waals surface area contributed by atoms with Crippen LogP contribution in [0.1, 0.15) is 39.4 Å².